The first-order valence-corrected chi connectivity index (χ1v) is 3.95. The van der Waals surface area contributed by atoms with Gasteiger partial charge in [-0.25, -0.2) is 0 Å². The Balaban J connectivity index is 0.000000810. The molecule has 0 unspecified atom stereocenters. The zero-order chi connectivity index (χ0) is 6.91. The van der Waals surface area contributed by atoms with Gasteiger partial charge in [0.15, 0.2) is 0 Å². The van der Waals surface area contributed by atoms with Crippen molar-refractivity contribution < 1.29 is 18.1 Å². The minimum Gasteiger partial charge on any atom is -1.00 e. The first-order valence-electron chi connectivity index (χ1n) is 3.95. The molecule has 0 saturated heterocycles. The molecule has 1 nitrogen and oxygen atoms in total. The normalized spacial score (nSPS) is 40.5. The first kappa shape index (κ1) is 10.2. The molecule has 2 heteroatoms. The van der Waals surface area contributed by atoms with Crippen molar-refractivity contribution in [2.24, 2.45) is 5.92 Å². The molecule has 1 fully saturated rings. The summed E-state index contributed by atoms with van der Waals surface area (Å²) in [6.07, 6.45) is 5.47. The van der Waals surface area contributed by atoms with E-state index in [-0.39, 0.29) is 12.4 Å². The molecule has 0 aromatic heterocycles. The number of rotatable bonds is 0. The van der Waals surface area contributed by atoms with E-state index in [1.54, 1.807) is 0 Å². The van der Waals surface area contributed by atoms with Crippen molar-refractivity contribution in [3.63, 3.8) is 0 Å². The molecule has 1 saturated carbocycles. The van der Waals surface area contributed by atoms with Gasteiger partial charge >= 0.3 is 0 Å². The largest absolute Gasteiger partial charge is 1.00 e. The smallest absolute Gasteiger partial charge is 0.0920 e. The van der Waals surface area contributed by atoms with Crippen LogP contribution in [-0.2, 0) is 0 Å². The van der Waals surface area contributed by atoms with Gasteiger partial charge in [-0.2, -0.15) is 0 Å². The minimum absolute atomic E-state index is 0. The Labute approximate surface area is 69.8 Å². The van der Waals surface area contributed by atoms with Crippen molar-refractivity contribution in [2.75, 3.05) is 0 Å². The highest BCUT2D eigenvalue weighted by molar-refractivity contribution is 4.78. The Kier molecular flexibility index (Phi) is 3.68. The van der Waals surface area contributed by atoms with E-state index < -0.39 is 0 Å². The molecule has 3 N–H and O–H groups in total. The molecule has 0 heterocycles. The summed E-state index contributed by atoms with van der Waals surface area (Å²) in [6, 6.07) is 0. The summed E-state index contributed by atoms with van der Waals surface area (Å²) in [5.74, 6) is 0.918. The lowest BCUT2D eigenvalue weighted by Gasteiger charge is -2.29. The fraction of sp³-hybridized carbons (Fsp3) is 1.00. The molecule has 0 aromatic rings. The predicted octanol–water partition coefficient (Wildman–Crippen LogP) is -1.80. The van der Waals surface area contributed by atoms with Crippen molar-refractivity contribution in [1.29, 1.82) is 0 Å². The third-order valence-electron chi connectivity index (χ3n) is 2.32. The Morgan fingerprint density at radius 2 is 2.10 bits per heavy atom. The van der Waals surface area contributed by atoms with Gasteiger partial charge in [0.1, 0.15) is 0 Å². The highest BCUT2D eigenvalue weighted by Crippen LogP contribution is 2.28. The lowest BCUT2D eigenvalue weighted by Crippen LogP contribution is -3.00. The van der Waals surface area contributed by atoms with Crippen LogP contribution < -0.4 is 18.1 Å². The van der Waals surface area contributed by atoms with Gasteiger partial charge in [-0.3, -0.25) is 0 Å². The van der Waals surface area contributed by atoms with Crippen LogP contribution in [0.25, 0.3) is 0 Å². The van der Waals surface area contributed by atoms with Crippen LogP contribution in [0.4, 0.5) is 0 Å². The maximum absolute atomic E-state index is 4.18. The van der Waals surface area contributed by atoms with Gasteiger partial charge < -0.3 is 18.1 Å². The molecule has 2 atom stereocenters. The molecule has 62 valence electrons. The Hall–Kier alpha value is 0.250. The van der Waals surface area contributed by atoms with E-state index in [9.17, 15) is 0 Å². The van der Waals surface area contributed by atoms with Gasteiger partial charge in [-0.05, 0) is 19.3 Å². The molecular weight excluding hydrogens is 146 g/mol. The quantitative estimate of drug-likeness (QED) is 0.437. The maximum atomic E-state index is 4.18. The lowest BCUT2D eigenvalue weighted by molar-refractivity contribution is -0.480. The van der Waals surface area contributed by atoms with Gasteiger partial charge in [-0.15, -0.1) is 0 Å². The molecule has 1 aliphatic rings. The molecule has 10 heavy (non-hydrogen) atoms. The number of hydrogen-bond donors (Lipinski definition) is 1. The second-order valence-corrected chi connectivity index (χ2v) is 4.01. The van der Waals surface area contributed by atoms with E-state index in [2.05, 4.69) is 19.6 Å². The molecule has 1 rings (SSSR count). The zero-order valence-electron chi connectivity index (χ0n) is 6.99. The van der Waals surface area contributed by atoms with E-state index in [0.29, 0.717) is 5.54 Å². The summed E-state index contributed by atoms with van der Waals surface area (Å²) in [6.45, 7) is 4.62. The highest BCUT2D eigenvalue weighted by Gasteiger charge is 2.28. The fourth-order valence-electron chi connectivity index (χ4n) is 1.92. The summed E-state index contributed by atoms with van der Waals surface area (Å²) < 4.78 is 0. The summed E-state index contributed by atoms with van der Waals surface area (Å²) in [5, 5.41) is 0. The summed E-state index contributed by atoms with van der Waals surface area (Å²) >= 11 is 0. The van der Waals surface area contributed by atoms with E-state index >= 15 is 0 Å². The number of halogens is 1. The van der Waals surface area contributed by atoms with Crippen LogP contribution >= 0.6 is 0 Å². The molecule has 1 aliphatic carbocycles. The average molecular weight is 164 g/mol. The van der Waals surface area contributed by atoms with Crippen molar-refractivity contribution in [3.05, 3.63) is 0 Å². The van der Waals surface area contributed by atoms with Crippen LogP contribution in [0, 0.1) is 5.92 Å². The Morgan fingerprint density at radius 3 is 2.40 bits per heavy atom. The zero-order valence-corrected chi connectivity index (χ0v) is 7.75. The van der Waals surface area contributed by atoms with Crippen LogP contribution in [0.3, 0.4) is 0 Å². The third-order valence-corrected chi connectivity index (χ3v) is 2.32. The van der Waals surface area contributed by atoms with E-state index in [1.165, 1.54) is 25.7 Å². The average Bonchev–Trinajstić information content (AvgIpc) is 1.60. The van der Waals surface area contributed by atoms with Crippen LogP contribution in [0.1, 0.15) is 39.5 Å². The van der Waals surface area contributed by atoms with Gasteiger partial charge in [0.2, 0.25) is 0 Å². The lowest BCUT2D eigenvalue weighted by atomic mass is 9.78. The van der Waals surface area contributed by atoms with Crippen LogP contribution in [-0.4, -0.2) is 5.54 Å². The van der Waals surface area contributed by atoms with Gasteiger partial charge in [0.05, 0.1) is 5.54 Å². The fourth-order valence-corrected chi connectivity index (χ4v) is 1.92. The van der Waals surface area contributed by atoms with Crippen LogP contribution in [0.5, 0.6) is 0 Å². The van der Waals surface area contributed by atoms with E-state index in [0.717, 1.165) is 5.92 Å². The summed E-state index contributed by atoms with van der Waals surface area (Å²) in [7, 11) is 0. The topological polar surface area (TPSA) is 27.6 Å². The SMILES string of the molecule is C[C@@H]1CCC[C@@](C)([NH3+])C1.[Cl-]. The highest BCUT2D eigenvalue weighted by atomic mass is 35.5. The maximum Gasteiger partial charge on any atom is 0.0920 e. The second kappa shape index (κ2) is 3.59. The summed E-state index contributed by atoms with van der Waals surface area (Å²) in [4.78, 5) is 0. The Bertz CT molecular complexity index is 101. The molecule has 0 spiro atoms. The van der Waals surface area contributed by atoms with Crippen molar-refractivity contribution in [1.82, 2.24) is 0 Å². The minimum atomic E-state index is 0. The first-order chi connectivity index (χ1) is 4.10. The monoisotopic (exact) mass is 163 g/mol. The molecule has 0 bridgehead atoms. The van der Waals surface area contributed by atoms with E-state index in [1.807, 2.05) is 0 Å². The molecule has 0 aliphatic heterocycles. The van der Waals surface area contributed by atoms with Gasteiger partial charge in [0.25, 0.3) is 0 Å². The van der Waals surface area contributed by atoms with Gasteiger partial charge in [0, 0.05) is 12.8 Å². The van der Waals surface area contributed by atoms with Crippen molar-refractivity contribution in [3.8, 4) is 0 Å². The predicted molar refractivity (Wildman–Crippen MR) is 38.9 cm³/mol. The standard InChI is InChI=1S/C8H17N.ClH/c1-7-4-3-5-8(2,9)6-7;/h7H,3-6,9H2,1-2H3;1H/t7-,8-;/m1./s1. The Morgan fingerprint density at radius 1 is 1.50 bits per heavy atom. The van der Waals surface area contributed by atoms with E-state index in [4.69, 9.17) is 0 Å². The van der Waals surface area contributed by atoms with Gasteiger partial charge in [-0.1, -0.05) is 13.3 Å². The van der Waals surface area contributed by atoms with Crippen molar-refractivity contribution >= 4 is 0 Å². The van der Waals surface area contributed by atoms with Crippen LogP contribution in [0.2, 0.25) is 0 Å². The summed E-state index contributed by atoms with van der Waals surface area (Å²) in [5.41, 5.74) is 4.58. The van der Waals surface area contributed by atoms with Crippen LogP contribution in [0.15, 0.2) is 0 Å². The molecular formula is C8H18ClN. The van der Waals surface area contributed by atoms with Crippen molar-refractivity contribution in [2.45, 2.75) is 45.1 Å². The third kappa shape index (κ3) is 2.89. The molecule has 0 aromatic carbocycles. The second-order valence-electron chi connectivity index (χ2n) is 4.01. The molecule has 0 radical (unpaired) electrons. The number of quaternary nitrogens is 1. The number of hydrogen-bond acceptors (Lipinski definition) is 0. The molecule has 0 amide bonds.